The van der Waals surface area contributed by atoms with Gasteiger partial charge in [0.2, 0.25) is 5.75 Å². The summed E-state index contributed by atoms with van der Waals surface area (Å²) >= 11 is 0. The number of nitro benzene ring substituents is 1. The fourth-order valence-electron chi connectivity index (χ4n) is 1.85. The molecule has 0 unspecified atom stereocenters. The molecule has 2 aromatic carbocycles. The molecule has 2 aromatic rings. The molecule has 0 bridgehead atoms. The average Bonchev–Trinajstić information content (AvgIpc) is 2.60. The second kappa shape index (κ2) is 7.77. The number of hydrogen-bond acceptors (Lipinski definition) is 6. The SMILES string of the molecule is C=CCOc1ccc(C(=O)Oc2ccc(OC)cc2[N+](=O)[O-])cc1. The molecule has 0 fully saturated rings. The zero-order valence-electron chi connectivity index (χ0n) is 12.9. The molecule has 0 radical (unpaired) electrons. The molecule has 0 aromatic heterocycles. The second-order valence-corrected chi connectivity index (χ2v) is 4.60. The Bertz CT molecular complexity index is 754. The maximum absolute atomic E-state index is 12.1. The molecule has 2 rings (SSSR count). The highest BCUT2D eigenvalue weighted by Gasteiger charge is 2.20. The molecule has 0 heterocycles. The average molecular weight is 329 g/mol. The van der Waals surface area contributed by atoms with Gasteiger partial charge >= 0.3 is 11.7 Å². The zero-order valence-corrected chi connectivity index (χ0v) is 12.9. The summed E-state index contributed by atoms with van der Waals surface area (Å²) in [7, 11) is 1.39. The van der Waals surface area contributed by atoms with Crippen LogP contribution >= 0.6 is 0 Å². The fraction of sp³-hybridized carbons (Fsp3) is 0.118. The summed E-state index contributed by atoms with van der Waals surface area (Å²) in [6.45, 7) is 3.89. The Balaban J connectivity index is 2.17. The minimum atomic E-state index is -0.710. The van der Waals surface area contributed by atoms with Gasteiger partial charge in [-0.2, -0.15) is 0 Å². The van der Waals surface area contributed by atoms with Crippen LogP contribution in [0.2, 0.25) is 0 Å². The van der Waals surface area contributed by atoms with Crippen LogP contribution in [0.3, 0.4) is 0 Å². The number of ether oxygens (including phenoxy) is 3. The molecule has 0 aliphatic heterocycles. The second-order valence-electron chi connectivity index (χ2n) is 4.60. The molecule has 0 saturated heterocycles. The highest BCUT2D eigenvalue weighted by molar-refractivity contribution is 5.91. The molecule has 7 heteroatoms. The lowest BCUT2D eigenvalue weighted by molar-refractivity contribution is -0.385. The highest BCUT2D eigenvalue weighted by atomic mass is 16.6. The van der Waals surface area contributed by atoms with E-state index < -0.39 is 10.9 Å². The van der Waals surface area contributed by atoms with E-state index in [1.165, 1.54) is 37.4 Å². The van der Waals surface area contributed by atoms with Crippen molar-refractivity contribution < 1.29 is 23.9 Å². The lowest BCUT2D eigenvalue weighted by atomic mass is 10.2. The standard InChI is InChI=1S/C17H15NO6/c1-3-10-23-13-6-4-12(5-7-13)17(19)24-16-9-8-14(22-2)11-15(16)18(20)21/h3-9,11H,1,10H2,2H3. The molecule has 0 spiro atoms. The quantitative estimate of drug-likeness (QED) is 0.254. The van der Waals surface area contributed by atoms with E-state index in [9.17, 15) is 14.9 Å². The van der Waals surface area contributed by atoms with Crippen LogP contribution in [0.15, 0.2) is 55.1 Å². The van der Waals surface area contributed by atoms with Crippen molar-refractivity contribution in [3.63, 3.8) is 0 Å². The van der Waals surface area contributed by atoms with E-state index in [0.29, 0.717) is 18.1 Å². The summed E-state index contributed by atoms with van der Waals surface area (Å²) in [6, 6.07) is 10.2. The summed E-state index contributed by atoms with van der Waals surface area (Å²) in [5, 5.41) is 11.1. The van der Waals surface area contributed by atoms with E-state index in [4.69, 9.17) is 14.2 Å². The van der Waals surface area contributed by atoms with Crippen molar-refractivity contribution in [1.82, 2.24) is 0 Å². The van der Waals surface area contributed by atoms with Crippen LogP contribution in [0.1, 0.15) is 10.4 Å². The van der Waals surface area contributed by atoms with Gasteiger partial charge in [0, 0.05) is 0 Å². The van der Waals surface area contributed by atoms with Crippen LogP contribution in [-0.4, -0.2) is 24.6 Å². The van der Waals surface area contributed by atoms with E-state index in [0.717, 1.165) is 0 Å². The number of carbonyl (C=O) groups is 1. The van der Waals surface area contributed by atoms with E-state index in [2.05, 4.69) is 6.58 Å². The van der Waals surface area contributed by atoms with Crippen molar-refractivity contribution in [2.75, 3.05) is 13.7 Å². The molecule has 0 aliphatic rings. The Morgan fingerprint density at radius 3 is 2.46 bits per heavy atom. The maximum atomic E-state index is 12.1. The van der Waals surface area contributed by atoms with Crippen molar-refractivity contribution in [1.29, 1.82) is 0 Å². The van der Waals surface area contributed by atoms with Gasteiger partial charge in [-0.1, -0.05) is 12.7 Å². The first-order chi connectivity index (χ1) is 11.5. The summed E-state index contributed by atoms with van der Waals surface area (Å²) in [4.78, 5) is 22.6. The Labute approximate surface area is 138 Å². The highest BCUT2D eigenvalue weighted by Crippen LogP contribution is 2.31. The molecule has 7 nitrogen and oxygen atoms in total. The van der Waals surface area contributed by atoms with Crippen LogP contribution in [-0.2, 0) is 0 Å². The van der Waals surface area contributed by atoms with E-state index in [1.54, 1.807) is 18.2 Å². The molecule has 0 amide bonds. The number of esters is 1. The summed E-state index contributed by atoms with van der Waals surface area (Å²) in [6.07, 6.45) is 1.60. The van der Waals surface area contributed by atoms with Crippen molar-refractivity contribution in [2.45, 2.75) is 0 Å². The predicted octanol–water partition coefficient (Wildman–Crippen LogP) is 3.39. The first kappa shape index (κ1) is 17.0. The van der Waals surface area contributed by atoms with Gasteiger partial charge in [-0.15, -0.1) is 0 Å². The van der Waals surface area contributed by atoms with Gasteiger partial charge in [0.25, 0.3) is 0 Å². The number of carbonyl (C=O) groups excluding carboxylic acids is 1. The zero-order chi connectivity index (χ0) is 17.5. The molecule has 0 aliphatic carbocycles. The van der Waals surface area contributed by atoms with Gasteiger partial charge < -0.3 is 14.2 Å². The van der Waals surface area contributed by atoms with E-state index in [-0.39, 0.29) is 17.0 Å². The largest absolute Gasteiger partial charge is 0.496 e. The van der Waals surface area contributed by atoms with Crippen molar-refractivity contribution >= 4 is 11.7 Å². The normalized spacial score (nSPS) is 9.88. The molecule has 24 heavy (non-hydrogen) atoms. The number of nitro groups is 1. The van der Waals surface area contributed by atoms with Gasteiger partial charge in [-0.05, 0) is 36.4 Å². The first-order valence-corrected chi connectivity index (χ1v) is 6.93. The number of nitrogens with zero attached hydrogens (tertiary/aromatic N) is 1. The van der Waals surface area contributed by atoms with E-state index >= 15 is 0 Å². The minimum Gasteiger partial charge on any atom is -0.496 e. The third-order valence-corrected chi connectivity index (χ3v) is 3.02. The topological polar surface area (TPSA) is 87.9 Å². The van der Waals surface area contributed by atoms with Gasteiger partial charge in [-0.3, -0.25) is 10.1 Å². The molecule has 0 saturated carbocycles. The van der Waals surface area contributed by atoms with Gasteiger partial charge in [0.1, 0.15) is 18.1 Å². The number of methoxy groups -OCH3 is 1. The molecule has 0 atom stereocenters. The van der Waals surface area contributed by atoms with Gasteiger partial charge in [0.05, 0.1) is 23.7 Å². The number of benzene rings is 2. The van der Waals surface area contributed by atoms with Crippen LogP contribution in [0.4, 0.5) is 5.69 Å². The van der Waals surface area contributed by atoms with Crippen LogP contribution in [0, 0.1) is 10.1 Å². The predicted molar refractivity (Wildman–Crippen MR) is 86.7 cm³/mol. The Kier molecular flexibility index (Phi) is 5.51. The lowest BCUT2D eigenvalue weighted by Crippen LogP contribution is -2.09. The third-order valence-electron chi connectivity index (χ3n) is 3.02. The van der Waals surface area contributed by atoms with Crippen molar-refractivity contribution in [3.8, 4) is 17.2 Å². The Hall–Kier alpha value is -3.35. The minimum absolute atomic E-state index is 0.155. The van der Waals surface area contributed by atoms with Crippen molar-refractivity contribution in [2.24, 2.45) is 0 Å². The summed E-state index contributed by atoms with van der Waals surface area (Å²) < 4.78 is 15.4. The third kappa shape index (κ3) is 4.10. The van der Waals surface area contributed by atoms with Crippen LogP contribution in [0.25, 0.3) is 0 Å². The number of rotatable bonds is 7. The van der Waals surface area contributed by atoms with E-state index in [1.807, 2.05) is 0 Å². The Morgan fingerprint density at radius 1 is 1.21 bits per heavy atom. The maximum Gasteiger partial charge on any atom is 0.343 e. The van der Waals surface area contributed by atoms with Gasteiger partial charge in [-0.25, -0.2) is 4.79 Å². The molecule has 124 valence electrons. The lowest BCUT2D eigenvalue weighted by Gasteiger charge is -2.07. The molecular weight excluding hydrogens is 314 g/mol. The van der Waals surface area contributed by atoms with Crippen molar-refractivity contribution in [3.05, 3.63) is 70.8 Å². The first-order valence-electron chi connectivity index (χ1n) is 6.93. The number of hydrogen-bond donors (Lipinski definition) is 0. The summed E-state index contributed by atoms with van der Waals surface area (Å²) in [5.41, 5.74) is -0.111. The summed E-state index contributed by atoms with van der Waals surface area (Å²) in [5.74, 6) is 0.00317. The smallest absolute Gasteiger partial charge is 0.343 e. The fourth-order valence-corrected chi connectivity index (χ4v) is 1.85. The van der Waals surface area contributed by atoms with Gasteiger partial charge in [0.15, 0.2) is 0 Å². The molecular formula is C17H15NO6. The molecule has 0 N–H and O–H groups in total. The Morgan fingerprint density at radius 2 is 1.88 bits per heavy atom. The van der Waals surface area contributed by atoms with Crippen LogP contribution in [0.5, 0.6) is 17.2 Å². The van der Waals surface area contributed by atoms with Crippen LogP contribution < -0.4 is 14.2 Å². The monoisotopic (exact) mass is 329 g/mol.